The van der Waals surface area contributed by atoms with Gasteiger partial charge >= 0.3 is 0 Å². The highest BCUT2D eigenvalue weighted by Crippen LogP contribution is 2.36. The standard InChI is InChI=1S/C21H20N2O3/c24-21-16-6-2-1-5-15(16)19-17(9-10-22-20(19)23-21)26-14-8-7-13-4-3-11-25-18(13)12-14/h7-10,12H,1-6,11H2,(H,22,23,24). The Hall–Kier alpha value is -2.82. The molecule has 1 aliphatic carbocycles. The summed E-state index contributed by atoms with van der Waals surface area (Å²) in [5.41, 5.74) is 3.79. The van der Waals surface area contributed by atoms with E-state index in [2.05, 4.69) is 16.0 Å². The van der Waals surface area contributed by atoms with Crippen LogP contribution in [0.15, 0.2) is 35.3 Å². The van der Waals surface area contributed by atoms with Crippen LogP contribution >= 0.6 is 0 Å². The highest BCUT2D eigenvalue weighted by Gasteiger charge is 2.20. The zero-order valence-electron chi connectivity index (χ0n) is 14.5. The molecule has 3 heterocycles. The van der Waals surface area contributed by atoms with Gasteiger partial charge < -0.3 is 14.5 Å². The Morgan fingerprint density at radius 1 is 1.04 bits per heavy atom. The van der Waals surface area contributed by atoms with Gasteiger partial charge in [-0.2, -0.15) is 0 Å². The fourth-order valence-corrected chi connectivity index (χ4v) is 4.04. The van der Waals surface area contributed by atoms with Crippen LogP contribution in [-0.4, -0.2) is 16.6 Å². The molecule has 1 N–H and O–H groups in total. The average Bonchev–Trinajstić information content (AvgIpc) is 2.68. The summed E-state index contributed by atoms with van der Waals surface area (Å²) >= 11 is 0. The number of pyridine rings is 2. The number of ether oxygens (including phenoxy) is 2. The monoisotopic (exact) mass is 348 g/mol. The number of fused-ring (bicyclic) bond motifs is 4. The Morgan fingerprint density at radius 2 is 1.92 bits per heavy atom. The molecule has 1 aliphatic heterocycles. The Kier molecular flexibility index (Phi) is 3.66. The van der Waals surface area contributed by atoms with Crippen molar-refractivity contribution in [2.24, 2.45) is 0 Å². The second-order valence-corrected chi connectivity index (χ2v) is 6.97. The van der Waals surface area contributed by atoms with Gasteiger partial charge in [-0.3, -0.25) is 4.79 Å². The number of nitrogens with one attached hydrogen (secondary N) is 1. The van der Waals surface area contributed by atoms with Crippen molar-refractivity contribution in [3.63, 3.8) is 0 Å². The lowest BCUT2D eigenvalue weighted by atomic mass is 9.90. The summed E-state index contributed by atoms with van der Waals surface area (Å²) in [5, 5.41) is 0.931. The third-order valence-electron chi connectivity index (χ3n) is 5.30. The van der Waals surface area contributed by atoms with Gasteiger partial charge in [0.25, 0.3) is 5.56 Å². The maximum Gasteiger partial charge on any atom is 0.253 e. The lowest BCUT2D eigenvalue weighted by Crippen LogP contribution is -2.20. The largest absolute Gasteiger partial charge is 0.493 e. The van der Waals surface area contributed by atoms with Gasteiger partial charge in [-0.15, -0.1) is 0 Å². The minimum atomic E-state index is -0.0148. The first-order chi connectivity index (χ1) is 12.8. The van der Waals surface area contributed by atoms with Gasteiger partial charge in [0.1, 0.15) is 22.9 Å². The van der Waals surface area contributed by atoms with E-state index in [-0.39, 0.29) is 5.56 Å². The van der Waals surface area contributed by atoms with Crippen LogP contribution < -0.4 is 15.0 Å². The molecule has 0 radical (unpaired) electrons. The van der Waals surface area contributed by atoms with Crippen molar-refractivity contribution in [1.29, 1.82) is 0 Å². The molecular weight excluding hydrogens is 328 g/mol. The molecule has 132 valence electrons. The smallest absolute Gasteiger partial charge is 0.253 e. The lowest BCUT2D eigenvalue weighted by molar-refractivity contribution is 0.287. The quantitative estimate of drug-likeness (QED) is 0.762. The van der Waals surface area contributed by atoms with E-state index in [4.69, 9.17) is 9.47 Å². The van der Waals surface area contributed by atoms with Gasteiger partial charge in [0, 0.05) is 17.8 Å². The zero-order valence-corrected chi connectivity index (χ0v) is 14.5. The second kappa shape index (κ2) is 6.16. The lowest BCUT2D eigenvalue weighted by Gasteiger charge is -2.20. The molecule has 0 unspecified atom stereocenters. The molecule has 5 nitrogen and oxygen atoms in total. The summed E-state index contributed by atoms with van der Waals surface area (Å²) in [7, 11) is 0. The Bertz CT molecular complexity index is 1060. The van der Waals surface area contributed by atoms with E-state index in [1.54, 1.807) is 6.20 Å². The van der Waals surface area contributed by atoms with E-state index in [9.17, 15) is 4.79 Å². The topological polar surface area (TPSA) is 64.2 Å². The summed E-state index contributed by atoms with van der Waals surface area (Å²) in [6.07, 6.45) is 7.64. The first-order valence-corrected chi connectivity index (χ1v) is 9.26. The number of hydrogen-bond donors (Lipinski definition) is 1. The Labute approximate surface area is 151 Å². The third kappa shape index (κ3) is 2.55. The molecule has 2 aliphatic rings. The van der Waals surface area contributed by atoms with Crippen molar-refractivity contribution in [2.45, 2.75) is 38.5 Å². The van der Waals surface area contributed by atoms with Crippen LogP contribution in [0.5, 0.6) is 17.2 Å². The molecule has 0 saturated heterocycles. The molecule has 0 atom stereocenters. The number of nitrogens with zero attached hydrogens (tertiary/aromatic N) is 1. The zero-order chi connectivity index (χ0) is 17.5. The van der Waals surface area contributed by atoms with Crippen LogP contribution in [0.4, 0.5) is 0 Å². The van der Waals surface area contributed by atoms with Crippen LogP contribution in [-0.2, 0) is 19.3 Å². The first kappa shape index (κ1) is 15.4. The summed E-state index contributed by atoms with van der Waals surface area (Å²) in [4.78, 5) is 19.6. The van der Waals surface area contributed by atoms with Crippen molar-refractivity contribution < 1.29 is 9.47 Å². The van der Waals surface area contributed by atoms with E-state index >= 15 is 0 Å². The predicted molar refractivity (Wildman–Crippen MR) is 99.3 cm³/mol. The molecular formula is C21H20N2O3. The molecule has 1 aromatic carbocycles. The van der Waals surface area contributed by atoms with Gasteiger partial charge in [0.2, 0.25) is 0 Å². The maximum atomic E-state index is 12.4. The number of aromatic nitrogens is 2. The number of hydrogen-bond acceptors (Lipinski definition) is 4. The average molecular weight is 348 g/mol. The van der Waals surface area contributed by atoms with Crippen molar-refractivity contribution in [2.75, 3.05) is 6.61 Å². The molecule has 0 amide bonds. The summed E-state index contributed by atoms with van der Waals surface area (Å²) in [6.45, 7) is 0.753. The molecule has 0 spiro atoms. The Morgan fingerprint density at radius 3 is 2.85 bits per heavy atom. The summed E-state index contributed by atoms with van der Waals surface area (Å²) in [6, 6.07) is 7.89. The fourth-order valence-electron chi connectivity index (χ4n) is 4.04. The second-order valence-electron chi connectivity index (χ2n) is 6.97. The normalized spacial score (nSPS) is 15.8. The molecule has 5 rings (SSSR count). The predicted octanol–water partition coefficient (Wildman–Crippen LogP) is 3.92. The minimum absolute atomic E-state index is 0.0148. The highest BCUT2D eigenvalue weighted by molar-refractivity contribution is 5.86. The molecule has 2 aromatic heterocycles. The first-order valence-electron chi connectivity index (χ1n) is 9.26. The van der Waals surface area contributed by atoms with Crippen molar-refractivity contribution in [3.8, 4) is 17.2 Å². The maximum absolute atomic E-state index is 12.4. The Balaban J connectivity index is 1.62. The number of H-pyrrole nitrogens is 1. The van der Waals surface area contributed by atoms with E-state index in [0.29, 0.717) is 5.65 Å². The fraction of sp³-hybridized carbons (Fsp3) is 0.333. The van der Waals surface area contributed by atoms with Crippen LogP contribution in [0, 0.1) is 0 Å². The van der Waals surface area contributed by atoms with Gasteiger partial charge in [-0.05, 0) is 61.8 Å². The van der Waals surface area contributed by atoms with E-state index in [1.807, 2.05) is 18.2 Å². The van der Waals surface area contributed by atoms with E-state index < -0.39 is 0 Å². The molecule has 0 bridgehead atoms. The molecule has 0 fully saturated rings. The SMILES string of the molecule is O=c1[nH]c2nccc(Oc3ccc4c(c3)OCCC4)c2c2c1CCCC2. The molecule has 3 aromatic rings. The third-order valence-corrected chi connectivity index (χ3v) is 5.30. The van der Waals surface area contributed by atoms with Gasteiger partial charge in [0.05, 0.1) is 12.0 Å². The molecule has 0 saturated carbocycles. The number of aryl methyl sites for hydroxylation is 2. The van der Waals surface area contributed by atoms with Crippen molar-refractivity contribution in [3.05, 3.63) is 57.5 Å². The summed E-state index contributed by atoms with van der Waals surface area (Å²) < 4.78 is 12.0. The van der Waals surface area contributed by atoms with Crippen molar-refractivity contribution in [1.82, 2.24) is 9.97 Å². The van der Waals surface area contributed by atoms with Crippen LogP contribution in [0.2, 0.25) is 0 Å². The van der Waals surface area contributed by atoms with Gasteiger partial charge in [-0.25, -0.2) is 4.98 Å². The highest BCUT2D eigenvalue weighted by atomic mass is 16.5. The summed E-state index contributed by atoms with van der Waals surface area (Å²) in [5.74, 6) is 2.39. The molecule has 26 heavy (non-hydrogen) atoms. The van der Waals surface area contributed by atoms with Crippen LogP contribution in [0.1, 0.15) is 36.0 Å². The minimum Gasteiger partial charge on any atom is -0.493 e. The van der Waals surface area contributed by atoms with Gasteiger partial charge in [-0.1, -0.05) is 6.07 Å². The van der Waals surface area contributed by atoms with Crippen LogP contribution in [0.3, 0.4) is 0 Å². The number of benzene rings is 1. The number of aromatic amines is 1. The van der Waals surface area contributed by atoms with E-state index in [0.717, 1.165) is 78.9 Å². The number of rotatable bonds is 2. The van der Waals surface area contributed by atoms with E-state index in [1.165, 1.54) is 5.56 Å². The van der Waals surface area contributed by atoms with Gasteiger partial charge in [0.15, 0.2) is 0 Å². The van der Waals surface area contributed by atoms with Crippen LogP contribution in [0.25, 0.3) is 11.0 Å². The van der Waals surface area contributed by atoms with Crippen molar-refractivity contribution >= 4 is 11.0 Å². The molecule has 5 heteroatoms.